The molecule has 0 aromatic rings. The van der Waals surface area contributed by atoms with E-state index in [0.29, 0.717) is 78.9 Å². The first-order valence-electron chi connectivity index (χ1n) is 33.0. The Hall–Kier alpha value is -0.280. The first kappa shape index (κ1) is 64.2. The molecule has 11 atom stereocenters. The number of unbranched alkanes of at least 4 members (excludes halogenated alkanes) is 26. The van der Waals surface area contributed by atoms with Crippen LogP contribution in [0.15, 0.2) is 0 Å². The van der Waals surface area contributed by atoms with Crippen LogP contribution in [0.4, 0.5) is 0 Å². The van der Waals surface area contributed by atoms with Crippen LogP contribution in [0.3, 0.4) is 0 Å². The molecule has 72 heavy (non-hydrogen) atoms. The standard InChI is InChI=1S/C65H128N4O3/c1-6-8-10-12-14-16-18-20-22-24-26-28-30-32-46-69(47-33-31-29-27-25-23-21-19-17-15-13-11-9-7-2)48-34-38-55(3)58-39-40-59-63-60(54-62(65(58,59)5)72-51-37-45-68)64(4)42-41-57(70-49-35-43-66)52-56(64)53-61(63)71-50-36-44-67/h55-63H,6-54,66-68H2,1-5H3/t55-,56+,57-,58-,59+,60+,61-,62+,63+,64+,65-/m1/s1. The van der Waals surface area contributed by atoms with E-state index < -0.39 is 0 Å². The van der Waals surface area contributed by atoms with Gasteiger partial charge in [0.15, 0.2) is 0 Å². The maximum atomic E-state index is 7.21. The molecule has 4 saturated carbocycles. The molecule has 4 aliphatic carbocycles. The second-order valence-electron chi connectivity index (χ2n) is 25.6. The van der Waals surface area contributed by atoms with Crippen molar-refractivity contribution in [1.29, 1.82) is 0 Å². The third-order valence-corrected chi connectivity index (χ3v) is 20.3. The van der Waals surface area contributed by atoms with Gasteiger partial charge in [-0.25, -0.2) is 0 Å². The van der Waals surface area contributed by atoms with E-state index in [1.807, 2.05) is 0 Å². The van der Waals surface area contributed by atoms with Crippen molar-refractivity contribution in [3.8, 4) is 0 Å². The fourth-order valence-corrected chi connectivity index (χ4v) is 15.8. The number of rotatable bonds is 47. The second kappa shape index (κ2) is 39.1. The molecule has 7 nitrogen and oxygen atoms in total. The topological polar surface area (TPSA) is 109 Å². The molecule has 0 bridgehead atoms. The van der Waals surface area contributed by atoms with Crippen molar-refractivity contribution < 1.29 is 14.2 Å². The minimum Gasteiger partial charge on any atom is -0.378 e. The summed E-state index contributed by atoms with van der Waals surface area (Å²) in [7, 11) is 0. The Bertz CT molecular complexity index is 1240. The summed E-state index contributed by atoms with van der Waals surface area (Å²) < 4.78 is 20.8. The Morgan fingerprint density at radius 2 is 0.917 bits per heavy atom. The number of hydrogen-bond acceptors (Lipinski definition) is 7. The lowest BCUT2D eigenvalue weighted by Crippen LogP contribution is -2.63. The zero-order valence-electron chi connectivity index (χ0n) is 49.2. The van der Waals surface area contributed by atoms with Crippen molar-refractivity contribution in [2.24, 2.45) is 63.5 Å². The van der Waals surface area contributed by atoms with E-state index in [0.717, 1.165) is 45.5 Å². The minimum atomic E-state index is 0.165. The molecule has 0 spiro atoms. The van der Waals surface area contributed by atoms with Gasteiger partial charge < -0.3 is 36.3 Å². The second-order valence-corrected chi connectivity index (χ2v) is 25.6. The zero-order valence-corrected chi connectivity index (χ0v) is 49.2. The molecule has 0 aliphatic heterocycles. The van der Waals surface area contributed by atoms with Gasteiger partial charge in [-0.3, -0.25) is 0 Å². The number of fused-ring (bicyclic) bond motifs is 5. The largest absolute Gasteiger partial charge is 0.378 e. The van der Waals surface area contributed by atoms with Gasteiger partial charge >= 0.3 is 0 Å². The predicted octanol–water partition coefficient (Wildman–Crippen LogP) is 16.7. The van der Waals surface area contributed by atoms with Crippen LogP contribution in [0.1, 0.15) is 291 Å². The van der Waals surface area contributed by atoms with Crippen molar-refractivity contribution >= 4 is 0 Å². The number of hydrogen-bond donors (Lipinski definition) is 3. The van der Waals surface area contributed by atoms with Crippen LogP contribution in [0, 0.1) is 46.3 Å². The molecule has 7 heteroatoms. The van der Waals surface area contributed by atoms with Crippen molar-refractivity contribution in [2.45, 2.75) is 310 Å². The molecule has 6 N–H and O–H groups in total. The lowest BCUT2D eigenvalue weighted by molar-refractivity contribution is -0.227. The Balaban J connectivity index is 1.32. The van der Waals surface area contributed by atoms with Crippen molar-refractivity contribution in [3.05, 3.63) is 0 Å². The van der Waals surface area contributed by atoms with Gasteiger partial charge in [-0.1, -0.05) is 202 Å². The highest BCUT2D eigenvalue weighted by Gasteiger charge is 2.66. The van der Waals surface area contributed by atoms with Gasteiger partial charge in [0.25, 0.3) is 0 Å². The van der Waals surface area contributed by atoms with E-state index in [1.54, 1.807) is 0 Å². The Kier molecular flexibility index (Phi) is 34.9. The Labute approximate surface area is 449 Å². The summed E-state index contributed by atoms with van der Waals surface area (Å²) in [4.78, 5) is 2.91. The van der Waals surface area contributed by atoms with E-state index in [4.69, 9.17) is 31.4 Å². The lowest BCUT2D eigenvalue weighted by atomic mass is 9.43. The van der Waals surface area contributed by atoms with Crippen LogP contribution < -0.4 is 17.2 Å². The molecule has 4 fully saturated rings. The molecule has 0 unspecified atom stereocenters. The predicted molar refractivity (Wildman–Crippen MR) is 312 cm³/mol. The van der Waals surface area contributed by atoms with Gasteiger partial charge in [0.05, 0.1) is 18.3 Å². The minimum absolute atomic E-state index is 0.165. The van der Waals surface area contributed by atoms with E-state index in [1.165, 1.54) is 251 Å². The normalized spacial score (nSPS) is 28.6. The van der Waals surface area contributed by atoms with Gasteiger partial charge in [0.1, 0.15) is 0 Å². The van der Waals surface area contributed by atoms with Crippen LogP contribution in [-0.4, -0.2) is 82.3 Å². The van der Waals surface area contributed by atoms with E-state index in [-0.39, 0.29) is 5.41 Å². The van der Waals surface area contributed by atoms with Crippen LogP contribution >= 0.6 is 0 Å². The summed E-state index contributed by atoms with van der Waals surface area (Å²) in [6.45, 7) is 21.1. The molecule has 0 radical (unpaired) electrons. The number of nitrogens with zero attached hydrogens (tertiary/aromatic N) is 1. The molecule has 0 heterocycles. The van der Waals surface area contributed by atoms with E-state index >= 15 is 0 Å². The fourth-order valence-electron chi connectivity index (χ4n) is 15.8. The summed E-state index contributed by atoms with van der Waals surface area (Å²) in [5.74, 6) is 3.88. The van der Waals surface area contributed by atoms with Crippen molar-refractivity contribution in [1.82, 2.24) is 4.90 Å². The summed E-state index contributed by atoms with van der Waals surface area (Å²) in [6, 6.07) is 0. The van der Waals surface area contributed by atoms with Gasteiger partial charge in [-0.2, -0.15) is 0 Å². The quantitative estimate of drug-likeness (QED) is 0.0521. The molecule has 4 aliphatic rings. The summed E-state index contributed by atoms with van der Waals surface area (Å²) >= 11 is 0. The van der Waals surface area contributed by atoms with Crippen LogP contribution in [0.25, 0.3) is 0 Å². The van der Waals surface area contributed by atoms with Gasteiger partial charge in [-0.05, 0) is 170 Å². The van der Waals surface area contributed by atoms with E-state index in [2.05, 4.69) is 39.5 Å². The molecule has 0 aromatic heterocycles. The molecule has 426 valence electrons. The third-order valence-electron chi connectivity index (χ3n) is 20.3. The van der Waals surface area contributed by atoms with Crippen LogP contribution in [0.2, 0.25) is 0 Å². The average molecular weight is 1010 g/mol. The molecular weight excluding hydrogens is 885 g/mol. The molecule has 4 rings (SSSR count). The smallest absolute Gasteiger partial charge is 0.0637 e. The number of ether oxygens (including phenoxy) is 3. The summed E-state index contributed by atoms with van der Waals surface area (Å²) in [5.41, 5.74) is 18.6. The van der Waals surface area contributed by atoms with Crippen molar-refractivity contribution in [2.75, 3.05) is 59.1 Å². The van der Waals surface area contributed by atoms with Gasteiger partial charge in [0.2, 0.25) is 0 Å². The fraction of sp³-hybridized carbons (Fsp3) is 1.00. The highest BCUT2D eigenvalue weighted by molar-refractivity contribution is 5.15. The monoisotopic (exact) mass is 1010 g/mol. The van der Waals surface area contributed by atoms with Crippen LogP contribution in [-0.2, 0) is 14.2 Å². The third kappa shape index (κ3) is 22.2. The van der Waals surface area contributed by atoms with E-state index in [9.17, 15) is 0 Å². The maximum Gasteiger partial charge on any atom is 0.0637 e. The lowest BCUT2D eigenvalue weighted by Gasteiger charge is -2.65. The zero-order chi connectivity index (χ0) is 51.5. The Morgan fingerprint density at radius 1 is 0.472 bits per heavy atom. The number of nitrogens with two attached hydrogens (primary N) is 3. The Morgan fingerprint density at radius 3 is 1.40 bits per heavy atom. The SMILES string of the molecule is CCCCCCCCCCCCCCCCN(CCCCCCCCCCCCCCCC)CCC[C@@H](C)[C@H]1CC[C@H]2[C@@H]3[C@H](OCCCN)C[C@@H]4C[C@H](OCCCN)CC[C@]4(C)[C@H]3C[C@H](OCCCN)[C@]12C. The summed E-state index contributed by atoms with van der Waals surface area (Å²) in [5, 5.41) is 0. The highest BCUT2D eigenvalue weighted by atomic mass is 16.5. The van der Waals surface area contributed by atoms with Gasteiger partial charge in [-0.15, -0.1) is 0 Å². The van der Waals surface area contributed by atoms with Crippen molar-refractivity contribution in [3.63, 3.8) is 0 Å². The molecule has 0 saturated heterocycles. The summed E-state index contributed by atoms with van der Waals surface area (Å²) in [6.07, 6.45) is 55.3. The highest BCUT2D eigenvalue weighted by Crippen LogP contribution is 2.69. The molecule has 0 amide bonds. The first-order valence-corrected chi connectivity index (χ1v) is 33.0. The molecule has 0 aromatic carbocycles. The average Bonchev–Trinajstić information content (AvgIpc) is 3.74. The van der Waals surface area contributed by atoms with Gasteiger partial charge in [0, 0.05) is 25.2 Å². The maximum absolute atomic E-state index is 7.21. The first-order chi connectivity index (χ1) is 35.3. The van der Waals surface area contributed by atoms with Crippen LogP contribution in [0.5, 0.6) is 0 Å². The molecular formula is C65H128N4O3.